The molecule has 17 heavy (non-hydrogen) atoms. The van der Waals surface area contributed by atoms with Crippen LogP contribution in [-0.2, 0) is 0 Å². The van der Waals surface area contributed by atoms with E-state index in [1.807, 2.05) is 0 Å². The first-order valence-corrected chi connectivity index (χ1v) is 8.30. The Morgan fingerprint density at radius 2 is 1.59 bits per heavy atom. The molecule has 0 aromatic carbocycles. The Hall–Kier alpha value is 0.230. The Kier molecular flexibility index (Phi) is 6.12. The van der Waals surface area contributed by atoms with Crippen LogP contribution in [0.5, 0.6) is 0 Å². The largest absolute Gasteiger partial charge is 0.314 e. The highest BCUT2D eigenvalue weighted by Gasteiger charge is 2.19. The molecule has 2 aliphatic rings. The van der Waals surface area contributed by atoms with E-state index in [1.54, 1.807) is 0 Å². The molecule has 0 bridgehead atoms. The highest BCUT2D eigenvalue weighted by atomic mass is 32.2. The first-order chi connectivity index (χ1) is 8.38. The van der Waals surface area contributed by atoms with Gasteiger partial charge in [-0.25, -0.2) is 0 Å². The number of hydrogen-bond donors (Lipinski definition) is 1. The van der Waals surface area contributed by atoms with E-state index in [-0.39, 0.29) is 0 Å². The summed E-state index contributed by atoms with van der Waals surface area (Å²) in [5, 5.41) is 3.57. The maximum atomic E-state index is 3.57. The molecule has 0 atom stereocenters. The Labute approximate surface area is 110 Å². The van der Waals surface area contributed by atoms with Crippen molar-refractivity contribution in [3.05, 3.63) is 0 Å². The fraction of sp³-hybridized carbons (Fsp3) is 1.00. The average Bonchev–Trinajstić information content (AvgIpc) is 2.40. The molecule has 0 unspecified atom stereocenters. The summed E-state index contributed by atoms with van der Waals surface area (Å²) in [4.78, 5) is 5.28. The van der Waals surface area contributed by atoms with Gasteiger partial charge in [0.15, 0.2) is 0 Å². The van der Waals surface area contributed by atoms with Crippen molar-refractivity contribution >= 4 is 11.8 Å². The van der Waals surface area contributed by atoms with Crippen molar-refractivity contribution in [1.82, 2.24) is 15.1 Å². The highest BCUT2D eigenvalue weighted by Crippen LogP contribution is 2.12. The Balaban J connectivity index is 1.57. The summed E-state index contributed by atoms with van der Waals surface area (Å²) in [6.07, 6.45) is 2.67. The molecule has 4 heteroatoms. The number of rotatable bonds is 5. The second-order valence-electron chi connectivity index (χ2n) is 5.13. The number of likely N-dealkylation sites (tertiary alicyclic amines) is 1. The first-order valence-electron chi connectivity index (χ1n) is 7.14. The van der Waals surface area contributed by atoms with Crippen LogP contribution in [0.3, 0.4) is 0 Å². The molecule has 0 amide bonds. The van der Waals surface area contributed by atoms with Gasteiger partial charge in [-0.1, -0.05) is 6.92 Å². The predicted octanol–water partition coefficient (Wildman–Crippen LogP) is 1.11. The van der Waals surface area contributed by atoms with Gasteiger partial charge >= 0.3 is 0 Å². The molecular formula is C13H27N3S. The summed E-state index contributed by atoms with van der Waals surface area (Å²) in [6.45, 7) is 11.1. The summed E-state index contributed by atoms with van der Waals surface area (Å²) in [7, 11) is 0. The van der Waals surface area contributed by atoms with Crippen LogP contribution < -0.4 is 5.32 Å². The van der Waals surface area contributed by atoms with Crippen LogP contribution in [0.2, 0.25) is 0 Å². The molecule has 0 aliphatic carbocycles. The zero-order chi connectivity index (χ0) is 11.9. The van der Waals surface area contributed by atoms with Crippen molar-refractivity contribution in [2.24, 2.45) is 0 Å². The third kappa shape index (κ3) is 4.78. The van der Waals surface area contributed by atoms with E-state index in [0.717, 1.165) is 12.6 Å². The van der Waals surface area contributed by atoms with Crippen LogP contribution in [0, 0.1) is 0 Å². The lowest BCUT2D eigenvalue weighted by molar-refractivity contribution is 0.170. The van der Waals surface area contributed by atoms with Gasteiger partial charge in [-0.15, -0.1) is 0 Å². The first kappa shape index (κ1) is 13.7. The SMILES string of the molecule is CCNC1CCN(CCN2CCSCC2)CC1. The zero-order valence-corrected chi connectivity index (χ0v) is 12.0. The van der Waals surface area contributed by atoms with Gasteiger partial charge < -0.3 is 15.1 Å². The lowest BCUT2D eigenvalue weighted by atomic mass is 10.1. The third-order valence-corrected chi connectivity index (χ3v) is 4.86. The van der Waals surface area contributed by atoms with Crippen LogP contribution >= 0.6 is 11.8 Å². The topological polar surface area (TPSA) is 18.5 Å². The van der Waals surface area contributed by atoms with Crippen LogP contribution in [0.1, 0.15) is 19.8 Å². The van der Waals surface area contributed by atoms with E-state index in [4.69, 9.17) is 0 Å². The van der Waals surface area contributed by atoms with E-state index in [0.29, 0.717) is 0 Å². The summed E-state index contributed by atoms with van der Waals surface area (Å²) >= 11 is 2.10. The molecule has 0 saturated carbocycles. The minimum absolute atomic E-state index is 0.780. The molecule has 100 valence electrons. The minimum atomic E-state index is 0.780. The van der Waals surface area contributed by atoms with E-state index < -0.39 is 0 Å². The number of piperidine rings is 1. The van der Waals surface area contributed by atoms with E-state index >= 15 is 0 Å². The van der Waals surface area contributed by atoms with Gasteiger partial charge in [-0.3, -0.25) is 0 Å². The normalized spacial score (nSPS) is 25.2. The van der Waals surface area contributed by atoms with Crippen LogP contribution in [-0.4, -0.2) is 73.2 Å². The van der Waals surface area contributed by atoms with E-state index in [2.05, 4.69) is 33.8 Å². The van der Waals surface area contributed by atoms with Crippen molar-refractivity contribution in [1.29, 1.82) is 0 Å². The zero-order valence-electron chi connectivity index (χ0n) is 11.2. The third-order valence-electron chi connectivity index (χ3n) is 3.92. The summed E-state index contributed by atoms with van der Waals surface area (Å²) in [5.74, 6) is 2.67. The maximum Gasteiger partial charge on any atom is 0.0110 e. The monoisotopic (exact) mass is 257 g/mol. The van der Waals surface area contributed by atoms with E-state index in [1.165, 1.54) is 63.6 Å². The molecule has 1 N–H and O–H groups in total. The quantitative estimate of drug-likeness (QED) is 0.795. The smallest absolute Gasteiger partial charge is 0.0110 e. The summed E-state index contributed by atoms with van der Waals surface area (Å²) in [5.41, 5.74) is 0. The number of nitrogens with zero attached hydrogens (tertiary/aromatic N) is 2. The molecular weight excluding hydrogens is 230 g/mol. The van der Waals surface area contributed by atoms with Gasteiger partial charge in [-0.2, -0.15) is 11.8 Å². The van der Waals surface area contributed by atoms with Crippen LogP contribution in [0.4, 0.5) is 0 Å². The molecule has 2 fully saturated rings. The van der Waals surface area contributed by atoms with Crippen LogP contribution in [0.25, 0.3) is 0 Å². The lowest BCUT2D eigenvalue weighted by Gasteiger charge is -2.34. The van der Waals surface area contributed by atoms with Crippen molar-refractivity contribution in [3.63, 3.8) is 0 Å². The van der Waals surface area contributed by atoms with Crippen molar-refractivity contribution in [3.8, 4) is 0 Å². The van der Waals surface area contributed by atoms with Crippen molar-refractivity contribution in [2.45, 2.75) is 25.8 Å². The minimum Gasteiger partial charge on any atom is -0.314 e. The summed E-state index contributed by atoms with van der Waals surface area (Å²) < 4.78 is 0. The fourth-order valence-corrected chi connectivity index (χ4v) is 3.74. The van der Waals surface area contributed by atoms with Gasteiger partial charge in [0.2, 0.25) is 0 Å². The molecule has 3 nitrogen and oxygen atoms in total. The van der Waals surface area contributed by atoms with Gasteiger partial charge in [0.1, 0.15) is 0 Å². The molecule has 0 spiro atoms. The summed E-state index contributed by atoms with van der Waals surface area (Å²) in [6, 6.07) is 0.780. The van der Waals surface area contributed by atoms with Crippen molar-refractivity contribution < 1.29 is 0 Å². The van der Waals surface area contributed by atoms with Crippen molar-refractivity contribution in [2.75, 3.05) is 57.3 Å². The average molecular weight is 257 g/mol. The van der Waals surface area contributed by atoms with Crippen LogP contribution in [0.15, 0.2) is 0 Å². The standard InChI is InChI=1S/C13H27N3S/c1-2-14-13-3-5-15(6-4-13)7-8-16-9-11-17-12-10-16/h13-14H,2-12H2,1H3. The molecule has 2 aliphatic heterocycles. The molecule has 2 rings (SSSR count). The van der Waals surface area contributed by atoms with E-state index in [9.17, 15) is 0 Å². The molecule has 2 heterocycles. The molecule has 0 aromatic heterocycles. The fourth-order valence-electron chi connectivity index (χ4n) is 2.76. The van der Waals surface area contributed by atoms with Gasteiger partial charge in [-0.05, 0) is 32.5 Å². The lowest BCUT2D eigenvalue weighted by Crippen LogP contribution is -2.45. The Morgan fingerprint density at radius 3 is 2.18 bits per heavy atom. The van der Waals surface area contributed by atoms with Gasteiger partial charge in [0.05, 0.1) is 0 Å². The van der Waals surface area contributed by atoms with Gasteiger partial charge in [0.25, 0.3) is 0 Å². The second-order valence-corrected chi connectivity index (χ2v) is 6.35. The molecule has 2 saturated heterocycles. The second kappa shape index (κ2) is 7.62. The highest BCUT2D eigenvalue weighted by molar-refractivity contribution is 7.99. The Morgan fingerprint density at radius 1 is 1.00 bits per heavy atom. The number of thioether (sulfide) groups is 1. The predicted molar refractivity (Wildman–Crippen MR) is 76.9 cm³/mol. The van der Waals surface area contributed by atoms with Gasteiger partial charge in [0, 0.05) is 43.7 Å². The number of nitrogens with one attached hydrogen (secondary N) is 1. The maximum absolute atomic E-state index is 3.57. The molecule has 0 aromatic rings. The number of hydrogen-bond acceptors (Lipinski definition) is 4. The Bertz CT molecular complexity index is 199. The molecule has 0 radical (unpaired) electrons.